The maximum atomic E-state index is 14.0. The van der Waals surface area contributed by atoms with Crippen LogP contribution in [0.25, 0.3) is 0 Å². The van der Waals surface area contributed by atoms with Gasteiger partial charge in [-0.2, -0.15) is 0 Å². The summed E-state index contributed by atoms with van der Waals surface area (Å²) in [5, 5.41) is 9.83. The Labute approximate surface area is 110 Å². The highest BCUT2D eigenvalue weighted by atomic mass is 19.1. The highest BCUT2D eigenvalue weighted by Gasteiger charge is 2.39. The number of rotatable bonds is 3. The van der Waals surface area contributed by atoms with Crippen molar-refractivity contribution in [1.82, 2.24) is 0 Å². The van der Waals surface area contributed by atoms with Gasteiger partial charge in [-0.25, -0.2) is 4.39 Å². The molecule has 0 aromatic heterocycles. The van der Waals surface area contributed by atoms with E-state index in [1.807, 2.05) is 0 Å². The van der Waals surface area contributed by atoms with Crippen molar-refractivity contribution in [3.05, 3.63) is 29.1 Å². The number of hydrogen-bond donors (Lipinski definition) is 1. The quantitative estimate of drug-likeness (QED) is 0.846. The third-order valence-electron chi connectivity index (χ3n) is 3.30. The van der Waals surface area contributed by atoms with Crippen LogP contribution in [0.15, 0.2) is 12.1 Å². The number of carbonyl (C=O) groups excluding carboxylic acids is 2. The van der Waals surface area contributed by atoms with Crippen LogP contribution in [0.3, 0.4) is 0 Å². The molecule has 2 rings (SSSR count). The first-order chi connectivity index (χ1) is 8.82. The van der Waals surface area contributed by atoms with Crippen LogP contribution in [0.4, 0.5) is 10.1 Å². The number of fused-ring (bicyclic) bond motifs is 1. The number of amides is 1. The number of hydrogen-bond acceptors (Lipinski definition) is 3. The van der Waals surface area contributed by atoms with E-state index in [0.717, 1.165) is 4.90 Å². The lowest BCUT2D eigenvalue weighted by molar-refractivity contribution is -0.114. The summed E-state index contributed by atoms with van der Waals surface area (Å²) >= 11 is 0. The lowest BCUT2D eigenvalue weighted by Crippen LogP contribution is -2.38. The van der Waals surface area contributed by atoms with Gasteiger partial charge in [-0.1, -0.05) is 13.8 Å². The minimum absolute atomic E-state index is 0.0136. The largest absolute Gasteiger partial charge is 0.391 e. The molecule has 5 heteroatoms. The van der Waals surface area contributed by atoms with Gasteiger partial charge in [-0.15, -0.1) is 0 Å². The normalized spacial score (nSPS) is 16.2. The Hall–Kier alpha value is -1.75. The van der Waals surface area contributed by atoms with Crippen LogP contribution in [-0.4, -0.2) is 29.4 Å². The van der Waals surface area contributed by atoms with Crippen molar-refractivity contribution in [3.63, 3.8) is 0 Å². The number of halogens is 1. The SMILES string of the molecule is Cc1cc(F)c2c(c1)C(=O)C(=O)N2CC(O)C(C)C. The molecule has 0 spiro atoms. The number of ketones is 1. The molecule has 1 N–H and O–H groups in total. The molecule has 0 fully saturated rings. The summed E-state index contributed by atoms with van der Waals surface area (Å²) in [6.07, 6.45) is -0.802. The third kappa shape index (κ3) is 2.26. The number of anilines is 1. The van der Waals surface area contributed by atoms with E-state index in [1.165, 1.54) is 12.1 Å². The predicted octanol–water partition coefficient (Wildman–Crippen LogP) is 1.68. The second-order valence-electron chi connectivity index (χ2n) is 5.20. The van der Waals surface area contributed by atoms with Crippen molar-refractivity contribution < 1.29 is 19.1 Å². The fraction of sp³-hybridized carbons (Fsp3) is 0.429. The second kappa shape index (κ2) is 4.74. The molecule has 1 amide bonds. The summed E-state index contributed by atoms with van der Waals surface area (Å²) in [5.41, 5.74) is 0.655. The Morgan fingerprint density at radius 1 is 1.32 bits per heavy atom. The Morgan fingerprint density at radius 2 is 1.95 bits per heavy atom. The van der Waals surface area contributed by atoms with Crippen LogP contribution >= 0.6 is 0 Å². The van der Waals surface area contributed by atoms with Crippen molar-refractivity contribution in [2.45, 2.75) is 26.9 Å². The van der Waals surface area contributed by atoms with Gasteiger partial charge in [0.1, 0.15) is 5.82 Å². The number of benzene rings is 1. The smallest absolute Gasteiger partial charge is 0.299 e. The average molecular weight is 265 g/mol. The van der Waals surface area contributed by atoms with E-state index >= 15 is 0 Å². The molecule has 0 saturated carbocycles. The fourth-order valence-electron chi connectivity index (χ4n) is 2.09. The van der Waals surface area contributed by atoms with Crippen LogP contribution in [0.2, 0.25) is 0 Å². The summed E-state index contributed by atoms with van der Waals surface area (Å²) < 4.78 is 14.0. The molecule has 102 valence electrons. The van der Waals surface area contributed by atoms with E-state index in [9.17, 15) is 19.1 Å². The number of carbonyl (C=O) groups is 2. The van der Waals surface area contributed by atoms with Crippen LogP contribution in [0.5, 0.6) is 0 Å². The Kier molecular flexibility index (Phi) is 3.41. The molecular formula is C14H16FNO3. The van der Waals surface area contributed by atoms with Crippen LogP contribution in [-0.2, 0) is 4.79 Å². The fourth-order valence-corrected chi connectivity index (χ4v) is 2.09. The maximum Gasteiger partial charge on any atom is 0.299 e. The van der Waals surface area contributed by atoms with Gasteiger partial charge in [0.15, 0.2) is 0 Å². The highest BCUT2D eigenvalue weighted by Crippen LogP contribution is 2.33. The lowest BCUT2D eigenvalue weighted by atomic mass is 10.1. The topological polar surface area (TPSA) is 57.6 Å². The van der Waals surface area contributed by atoms with Crippen molar-refractivity contribution >= 4 is 17.4 Å². The van der Waals surface area contributed by atoms with E-state index in [1.54, 1.807) is 20.8 Å². The first-order valence-corrected chi connectivity index (χ1v) is 6.17. The second-order valence-corrected chi connectivity index (χ2v) is 5.20. The minimum Gasteiger partial charge on any atom is -0.391 e. The zero-order chi connectivity index (χ0) is 14.3. The molecule has 1 aromatic carbocycles. The van der Waals surface area contributed by atoms with Crippen molar-refractivity contribution in [1.29, 1.82) is 0 Å². The van der Waals surface area contributed by atoms with Crippen LogP contribution in [0, 0.1) is 18.7 Å². The van der Waals surface area contributed by atoms with Crippen molar-refractivity contribution in [2.24, 2.45) is 5.92 Å². The van der Waals surface area contributed by atoms with Gasteiger partial charge in [0.05, 0.1) is 23.9 Å². The Morgan fingerprint density at radius 3 is 2.53 bits per heavy atom. The van der Waals surface area contributed by atoms with Gasteiger partial charge < -0.3 is 5.11 Å². The van der Waals surface area contributed by atoms with Gasteiger partial charge in [0.25, 0.3) is 11.7 Å². The van der Waals surface area contributed by atoms with Gasteiger partial charge in [0.2, 0.25) is 0 Å². The summed E-state index contributed by atoms with van der Waals surface area (Å²) in [6.45, 7) is 5.17. The molecule has 1 atom stereocenters. The molecule has 1 unspecified atom stereocenters. The first-order valence-electron chi connectivity index (χ1n) is 6.17. The third-order valence-corrected chi connectivity index (χ3v) is 3.30. The molecule has 0 radical (unpaired) electrons. The Bertz CT molecular complexity index is 554. The monoisotopic (exact) mass is 265 g/mol. The van der Waals surface area contributed by atoms with E-state index in [4.69, 9.17) is 0 Å². The summed E-state index contributed by atoms with van der Waals surface area (Å²) in [6, 6.07) is 2.78. The van der Waals surface area contributed by atoms with E-state index in [0.29, 0.717) is 5.56 Å². The number of Topliss-reactive ketones (excluding diaryl/α,β-unsaturated/α-hetero) is 1. The molecule has 1 heterocycles. The molecule has 0 bridgehead atoms. The predicted molar refractivity (Wildman–Crippen MR) is 68.7 cm³/mol. The zero-order valence-corrected chi connectivity index (χ0v) is 11.1. The summed E-state index contributed by atoms with van der Waals surface area (Å²) in [4.78, 5) is 24.7. The van der Waals surface area contributed by atoms with E-state index in [-0.39, 0.29) is 23.7 Å². The molecule has 1 aliphatic rings. The molecule has 0 aliphatic carbocycles. The maximum absolute atomic E-state index is 14.0. The van der Waals surface area contributed by atoms with Crippen molar-refractivity contribution in [3.8, 4) is 0 Å². The molecule has 19 heavy (non-hydrogen) atoms. The van der Waals surface area contributed by atoms with Crippen LogP contribution in [0.1, 0.15) is 29.8 Å². The van der Waals surface area contributed by atoms with E-state index < -0.39 is 23.6 Å². The Balaban J connectivity index is 2.44. The zero-order valence-electron chi connectivity index (χ0n) is 11.1. The minimum atomic E-state index is -0.802. The van der Waals surface area contributed by atoms with Gasteiger partial charge in [0, 0.05) is 0 Å². The number of aliphatic hydroxyl groups is 1. The van der Waals surface area contributed by atoms with Gasteiger partial charge in [-0.3, -0.25) is 14.5 Å². The number of nitrogens with zero attached hydrogens (tertiary/aromatic N) is 1. The number of aryl methyl sites for hydroxylation is 1. The molecule has 4 nitrogen and oxygen atoms in total. The summed E-state index contributed by atoms with van der Waals surface area (Å²) in [7, 11) is 0. The molecule has 0 saturated heterocycles. The number of aliphatic hydroxyl groups excluding tert-OH is 1. The standard InChI is InChI=1S/C14H16FNO3/c1-7(2)11(17)6-16-12-9(13(18)14(16)19)4-8(3)5-10(12)15/h4-5,7,11,17H,6H2,1-3H3. The molecule has 1 aromatic rings. The van der Waals surface area contributed by atoms with Crippen molar-refractivity contribution in [2.75, 3.05) is 11.4 Å². The number of β-amino-alcohol motifs (C(OH)–C–C–N with tert-alkyl or cyclic N) is 1. The van der Waals surface area contributed by atoms with Crippen LogP contribution < -0.4 is 4.90 Å². The summed E-state index contributed by atoms with van der Waals surface area (Å²) in [5.74, 6) is -2.18. The molecular weight excluding hydrogens is 249 g/mol. The van der Waals surface area contributed by atoms with Gasteiger partial charge >= 0.3 is 0 Å². The molecule has 1 aliphatic heterocycles. The first kappa shape index (κ1) is 13.7. The average Bonchev–Trinajstić information content (AvgIpc) is 2.54. The van der Waals surface area contributed by atoms with E-state index in [2.05, 4.69) is 0 Å². The lowest BCUT2D eigenvalue weighted by Gasteiger charge is -2.23. The highest BCUT2D eigenvalue weighted by molar-refractivity contribution is 6.52. The van der Waals surface area contributed by atoms with Gasteiger partial charge in [-0.05, 0) is 30.5 Å².